The Morgan fingerprint density at radius 1 is 1.39 bits per heavy atom. The summed E-state index contributed by atoms with van der Waals surface area (Å²) in [5.41, 5.74) is 0.222. The maximum Gasteiger partial charge on any atom is 0.244 e. The van der Waals surface area contributed by atoms with Crippen molar-refractivity contribution in [3.8, 4) is 6.07 Å². The first-order valence-electron chi connectivity index (χ1n) is 6.12. The summed E-state index contributed by atoms with van der Waals surface area (Å²) < 4.78 is 26.7. The van der Waals surface area contributed by atoms with Crippen molar-refractivity contribution in [2.75, 3.05) is 6.54 Å². The van der Waals surface area contributed by atoms with Crippen LogP contribution < -0.4 is 0 Å². The molecule has 2 rings (SSSR count). The summed E-state index contributed by atoms with van der Waals surface area (Å²) in [6.07, 6.45) is 2.63. The third-order valence-corrected chi connectivity index (χ3v) is 5.00. The second kappa shape index (κ2) is 5.09. The van der Waals surface area contributed by atoms with Crippen molar-refractivity contribution in [3.05, 3.63) is 29.8 Å². The molecule has 18 heavy (non-hydrogen) atoms. The van der Waals surface area contributed by atoms with Crippen LogP contribution in [0.15, 0.2) is 29.2 Å². The molecule has 0 aliphatic heterocycles. The SMILES string of the molecule is CCCN(C1CC1)S(=O)(=O)c1ccccc1C#N. The van der Waals surface area contributed by atoms with Gasteiger partial charge < -0.3 is 0 Å². The van der Waals surface area contributed by atoms with Crippen LogP contribution in [0, 0.1) is 11.3 Å². The van der Waals surface area contributed by atoms with Gasteiger partial charge in [-0.15, -0.1) is 0 Å². The first kappa shape index (κ1) is 13.1. The molecule has 0 bridgehead atoms. The Morgan fingerprint density at radius 3 is 2.61 bits per heavy atom. The fourth-order valence-corrected chi connectivity index (χ4v) is 3.91. The Morgan fingerprint density at radius 2 is 2.06 bits per heavy atom. The smallest absolute Gasteiger partial charge is 0.207 e. The molecule has 0 amide bonds. The fraction of sp³-hybridized carbons (Fsp3) is 0.462. The van der Waals surface area contributed by atoms with Gasteiger partial charge in [0, 0.05) is 12.6 Å². The Kier molecular flexibility index (Phi) is 3.69. The lowest BCUT2D eigenvalue weighted by Crippen LogP contribution is -2.34. The van der Waals surface area contributed by atoms with E-state index >= 15 is 0 Å². The first-order chi connectivity index (χ1) is 8.61. The minimum atomic E-state index is -3.53. The second-order valence-electron chi connectivity index (χ2n) is 4.45. The zero-order valence-corrected chi connectivity index (χ0v) is 11.2. The van der Waals surface area contributed by atoms with Crippen LogP contribution in [0.5, 0.6) is 0 Å². The number of nitrogens with zero attached hydrogens (tertiary/aromatic N) is 2. The molecule has 96 valence electrons. The quantitative estimate of drug-likeness (QED) is 0.818. The summed E-state index contributed by atoms with van der Waals surface area (Å²) in [6.45, 7) is 2.48. The molecule has 1 aromatic carbocycles. The Bertz CT molecular complexity index is 571. The van der Waals surface area contributed by atoms with E-state index in [4.69, 9.17) is 5.26 Å². The summed E-state index contributed by atoms with van der Waals surface area (Å²) in [5, 5.41) is 9.01. The van der Waals surface area contributed by atoms with Crippen molar-refractivity contribution < 1.29 is 8.42 Å². The standard InChI is InChI=1S/C13H16N2O2S/c1-2-9-15(12-7-8-12)18(16,17)13-6-4-3-5-11(13)10-14/h3-6,12H,2,7-9H2,1H3. The molecule has 1 aromatic rings. The maximum atomic E-state index is 12.6. The Labute approximate surface area is 108 Å². The van der Waals surface area contributed by atoms with Crippen LogP contribution in [-0.4, -0.2) is 25.3 Å². The van der Waals surface area contributed by atoms with Crippen molar-refractivity contribution >= 4 is 10.0 Å². The molecule has 0 heterocycles. The van der Waals surface area contributed by atoms with Gasteiger partial charge in [0.25, 0.3) is 0 Å². The van der Waals surface area contributed by atoms with Crippen LogP contribution in [0.3, 0.4) is 0 Å². The lowest BCUT2D eigenvalue weighted by atomic mass is 10.2. The highest BCUT2D eigenvalue weighted by Crippen LogP contribution is 2.32. The number of nitriles is 1. The van der Waals surface area contributed by atoms with Crippen molar-refractivity contribution in [2.24, 2.45) is 0 Å². The number of hydrogen-bond donors (Lipinski definition) is 0. The molecule has 0 N–H and O–H groups in total. The van der Waals surface area contributed by atoms with Gasteiger partial charge in [-0.25, -0.2) is 8.42 Å². The van der Waals surface area contributed by atoms with Crippen LogP contribution in [0.1, 0.15) is 31.7 Å². The zero-order valence-electron chi connectivity index (χ0n) is 10.3. The second-order valence-corrected chi connectivity index (χ2v) is 6.31. The van der Waals surface area contributed by atoms with E-state index in [0.717, 1.165) is 19.3 Å². The van der Waals surface area contributed by atoms with Gasteiger partial charge in [-0.2, -0.15) is 9.57 Å². The summed E-state index contributed by atoms with van der Waals surface area (Å²) >= 11 is 0. The van der Waals surface area contributed by atoms with Gasteiger partial charge in [0.05, 0.1) is 10.5 Å². The Hall–Kier alpha value is -1.38. The molecule has 0 radical (unpaired) electrons. The first-order valence-corrected chi connectivity index (χ1v) is 7.56. The van der Waals surface area contributed by atoms with Crippen LogP contribution in [-0.2, 0) is 10.0 Å². The Balaban J connectivity index is 2.43. The number of rotatable bonds is 5. The van der Waals surface area contributed by atoms with Crippen LogP contribution >= 0.6 is 0 Å². The average molecular weight is 264 g/mol. The van der Waals surface area contributed by atoms with Gasteiger partial charge in [-0.3, -0.25) is 0 Å². The van der Waals surface area contributed by atoms with Crippen molar-refractivity contribution in [1.29, 1.82) is 5.26 Å². The minimum absolute atomic E-state index is 0.127. The lowest BCUT2D eigenvalue weighted by Gasteiger charge is -2.21. The third-order valence-electron chi connectivity index (χ3n) is 2.99. The highest BCUT2D eigenvalue weighted by molar-refractivity contribution is 7.89. The van der Waals surface area contributed by atoms with E-state index in [-0.39, 0.29) is 16.5 Å². The van der Waals surface area contributed by atoms with E-state index in [1.54, 1.807) is 22.5 Å². The molecule has 0 saturated heterocycles. The van der Waals surface area contributed by atoms with E-state index in [1.165, 1.54) is 6.07 Å². The molecular formula is C13H16N2O2S. The molecule has 0 aromatic heterocycles. The van der Waals surface area contributed by atoms with Crippen molar-refractivity contribution in [3.63, 3.8) is 0 Å². The van der Waals surface area contributed by atoms with Crippen LogP contribution in [0.2, 0.25) is 0 Å². The largest absolute Gasteiger partial charge is 0.244 e. The summed E-state index contributed by atoms with van der Waals surface area (Å²) in [6, 6.07) is 8.47. The molecule has 1 aliphatic rings. The molecule has 0 spiro atoms. The lowest BCUT2D eigenvalue weighted by molar-refractivity contribution is 0.403. The molecule has 5 heteroatoms. The molecule has 0 atom stereocenters. The normalized spacial score (nSPS) is 15.6. The van der Waals surface area contributed by atoms with E-state index in [2.05, 4.69) is 0 Å². The highest BCUT2D eigenvalue weighted by atomic mass is 32.2. The molecular weight excluding hydrogens is 248 g/mol. The predicted octanol–water partition coefficient (Wildman–Crippen LogP) is 2.12. The van der Waals surface area contributed by atoms with Gasteiger partial charge in [0.1, 0.15) is 6.07 Å². The average Bonchev–Trinajstić information content (AvgIpc) is 3.19. The fourth-order valence-electron chi connectivity index (χ4n) is 1.99. The number of benzene rings is 1. The van der Waals surface area contributed by atoms with E-state index in [1.807, 2.05) is 13.0 Å². The molecule has 1 saturated carbocycles. The third kappa shape index (κ3) is 2.40. The van der Waals surface area contributed by atoms with Gasteiger partial charge in [0.2, 0.25) is 10.0 Å². The van der Waals surface area contributed by atoms with E-state index in [9.17, 15) is 8.42 Å². The number of hydrogen-bond acceptors (Lipinski definition) is 3. The van der Waals surface area contributed by atoms with Crippen molar-refractivity contribution in [2.45, 2.75) is 37.1 Å². The van der Waals surface area contributed by atoms with Gasteiger partial charge in [-0.05, 0) is 31.4 Å². The maximum absolute atomic E-state index is 12.6. The summed E-state index contributed by atoms with van der Waals surface area (Å²) in [7, 11) is -3.53. The van der Waals surface area contributed by atoms with Gasteiger partial charge in [0.15, 0.2) is 0 Å². The highest BCUT2D eigenvalue weighted by Gasteiger charge is 2.38. The molecule has 1 aliphatic carbocycles. The molecule has 4 nitrogen and oxygen atoms in total. The molecule has 1 fully saturated rings. The van der Waals surface area contributed by atoms with E-state index < -0.39 is 10.0 Å². The van der Waals surface area contributed by atoms with Crippen LogP contribution in [0.4, 0.5) is 0 Å². The number of sulfonamides is 1. The van der Waals surface area contributed by atoms with Crippen LogP contribution in [0.25, 0.3) is 0 Å². The summed E-state index contributed by atoms with van der Waals surface area (Å²) in [5.74, 6) is 0. The minimum Gasteiger partial charge on any atom is -0.207 e. The topological polar surface area (TPSA) is 61.2 Å². The predicted molar refractivity (Wildman–Crippen MR) is 68.4 cm³/mol. The van der Waals surface area contributed by atoms with Gasteiger partial charge >= 0.3 is 0 Å². The van der Waals surface area contributed by atoms with Crippen molar-refractivity contribution in [1.82, 2.24) is 4.31 Å². The monoisotopic (exact) mass is 264 g/mol. The molecule has 0 unspecified atom stereocenters. The van der Waals surface area contributed by atoms with Gasteiger partial charge in [-0.1, -0.05) is 19.1 Å². The zero-order chi connectivity index (χ0) is 13.2. The summed E-state index contributed by atoms with van der Waals surface area (Å²) in [4.78, 5) is 0.132. The van der Waals surface area contributed by atoms with E-state index in [0.29, 0.717) is 6.54 Å².